The molecule has 0 saturated heterocycles. The van der Waals surface area contributed by atoms with Crippen molar-refractivity contribution in [3.05, 3.63) is 85.2 Å². The minimum Gasteiger partial charge on any atom is -0.283 e. The van der Waals surface area contributed by atoms with Gasteiger partial charge in [0.2, 0.25) is 0 Å². The normalized spacial score (nSPS) is 11.1. The van der Waals surface area contributed by atoms with Crippen molar-refractivity contribution in [3.63, 3.8) is 0 Å². The fourth-order valence-electron chi connectivity index (χ4n) is 3.20. The summed E-state index contributed by atoms with van der Waals surface area (Å²) < 4.78 is 15.2. The minimum atomic E-state index is -0.263. The number of benzene rings is 2. The summed E-state index contributed by atoms with van der Waals surface area (Å²) >= 11 is 0. The standard InChI is InChI=1S/C21H14FN5/c22-16-7-4-14(5-8-16)21-17(12-25-26-21)15-6-9-18-19(11-15)27(13-24-18)20-3-1-2-10-23-20/h1-13H,(H,25,26). The Hall–Kier alpha value is -3.80. The topological polar surface area (TPSA) is 59.4 Å². The van der Waals surface area contributed by atoms with Gasteiger partial charge < -0.3 is 0 Å². The predicted molar refractivity (Wildman–Crippen MR) is 102 cm³/mol. The molecule has 0 fully saturated rings. The van der Waals surface area contributed by atoms with Crippen LogP contribution in [0.3, 0.4) is 0 Å². The number of fused-ring (bicyclic) bond motifs is 1. The SMILES string of the molecule is Fc1ccc(-c2[nH]ncc2-c2ccc3ncn(-c4ccccn4)c3c2)cc1. The smallest absolute Gasteiger partial charge is 0.138 e. The zero-order valence-electron chi connectivity index (χ0n) is 14.2. The Morgan fingerprint density at radius 3 is 2.56 bits per heavy atom. The van der Waals surface area contributed by atoms with Crippen LogP contribution in [0.2, 0.25) is 0 Å². The molecule has 0 aliphatic heterocycles. The maximum absolute atomic E-state index is 13.3. The van der Waals surface area contributed by atoms with E-state index < -0.39 is 0 Å². The Labute approximate surface area is 154 Å². The molecular formula is C21H14FN5. The summed E-state index contributed by atoms with van der Waals surface area (Å²) in [5.41, 5.74) is 5.50. The lowest BCUT2D eigenvalue weighted by Gasteiger charge is -2.06. The van der Waals surface area contributed by atoms with Crippen molar-refractivity contribution in [1.29, 1.82) is 0 Å². The molecule has 3 heterocycles. The molecule has 6 heteroatoms. The first-order valence-corrected chi connectivity index (χ1v) is 8.48. The quantitative estimate of drug-likeness (QED) is 0.514. The first-order chi connectivity index (χ1) is 13.3. The van der Waals surface area contributed by atoms with Gasteiger partial charge in [-0.3, -0.25) is 9.67 Å². The van der Waals surface area contributed by atoms with Crippen LogP contribution in [0.5, 0.6) is 0 Å². The molecule has 0 amide bonds. The molecule has 0 unspecified atom stereocenters. The summed E-state index contributed by atoms with van der Waals surface area (Å²) in [5.74, 6) is 0.545. The molecule has 2 aromatic carbocycles. The highest BCUT2D eigenvalue weighted by Crippen LogP contribution is 2.32. The van der Waals surface area contributed by atoms with E-state index in [9.17, 15) is 4.39 Å². The highest BCUT2D eigenvalue weighted by molar-refractivity contribution is 5.87. The van der Waals surface area contributed by atoms with E-state index in [-0.39, 0.29) is 5.82 Å². The number of pyridine rings is 1. The van der Waals surface area contributed by atoms with Crippen LogP contribution in [0.4, 0.5) is 4.39 Å². The van der Waals surface area contributed by atoms with Crippen LogP contribution in [0.15, 0.2) is 79.4 Å². The number of hydrogen-bond acceptors (Lipinski definition) is 3. The van der Waals surface area contributed by atoms with Crippen molar-refractivity contribution in [2.45, 2.75) is 0 Å². The average molecular weight is 355 g/mol. The van der Waals surface area contributed by atoms with Gasteiger partial charge in [0.1, 0.15) is 18.0 Å². The van der Waals surface area contributed by atoms with Gasteiger partial charge in [0.25, 0.3) is 0 Å². The maximum Gasteiger partial charge on any atom is 0.138 e. The van der Waals surface area contributed by atoms with E-state index in [1.807, 2.05) is 34.9 Å². The number of aromatic amines is 1. The number of aromatic nitrogens is 5. The average Bonchev–Trinajstić information content (AvgIpc) is 3.36. The summed E-state index contributed by atoms with van der Waals surface area (Å²) in [4.78, 5) is 8.87. The van der Waals surface area contributed by atoms with E-state index in [0.29, 0.717) is 0 Å². The lowest BCUT2D eigenvalue weighted by Crippen LogP contribution is -1.94. The van der Waals surface area contributed by atoms with Crippen molar-refractivity contribution < 1.29 is 4.39 Å². The van der Waals surface area contributed by atoms with Gasteiger partial charge in [0, 0.05) is 17.3 Å². The number of rotatable bonds is 3. The fourth-order valence-corrected chi connectivity index (χ4v) is 3.20. The highest BCUT2D eigenvalue weighted by Gasteiger charge is 2.13. The van der Waals surface area contributed by atoms with Gasteiger partial charge in [0.15, 0.2) is 0 Å². The van der Waals surface area contributed by atoms with Gasteiger partial charge in [-0.05, 0) is 54.1 Å². The molecular weight excluding hydrogens is 341 g/mol. The predicted octanol–water partition coefficient (Wildman–Crippen LogP) is 4.62. The zero-order valence-corrected chi connectivity index (χ0v) is 14.2. The molecule has 0 radical (unpaired) electrons. The molecule has 5 rings (SSSR count). The summed E-state index contributed by atoms with van der Waals surface area (Å²) in [6.45, 7) is 0. The second-order valence-corrected chi connectivity index (χ2v) is 6.17. The highest BCUT2D eigenvalue weighted by atomic mass is 19.1. The number of nitrogens with one attached hydrogen (secondary N) is 1. The van der Waals surface area contributed by atoms with Crippen molar-refractivity contribution in [2.75, 3.05) is 0 Å². The molecule has 0 saturated carbocycles. The number of hydrogen-bond donors (Lipinski definition) is 1. The second kappa shape index (κ2) is 6.17. The number of nitrogens with zero attached hydrogens (tertiary/aromatic N) is 4. The van der Waals surface area contributed by atoms with Crippen LogP contribution in [0, 0.1) is 5.82 Å². The van der Waals surface area contributed by atoms with Gasteiger partial charge >= 0.3 is 0 Å². The van der Waals surface area contributed by atoms with Gasteiger partial charge in [-0.2, -0.15) is 5.10 Å². The summed E-state index contributed by atoms with van der Waals surface area (Å²) in [6, 6.07) is 18.2. The summed E-state index contributed by atoms with van der Waals surface area (Å²) in [7, 11) is 0. The van der Waals surface area contributed by atoms with E-state index in [1.165, 1.54) is 12.1 Å². The third-order valence-corrected chi connectivity index (χ3v) is 4.53. The number of imidazole rings is 1. The summed E-state index contributed by atoms with van der Waals surface area (Å²) in [6.07, 6.45) is 5.31. The molecule has 0 bridgehead atoms. The van der Waals surface area contributed by atoms with E-state index in [4.69, 9.17) is 0 Å². The Morgan fingerprint density at radius 2 is 1.74 bits per heavy atom. The zero-order chi connectivity index (χ0) is 18.2. The van der Waals surface area contributed by atoms with Crippen molar-refractivity contribution in [2.24, 2.45) is 0 Å². The molecule has 0 aliphatic rings. The van der Waals surface area contributed by atoms with Crippen LogP contribution < -0.4 is 0 Å². The monoisotopic (exact) mass is 355 g/mol. The third kappa shape index (κ3) is 2.67. The van der Waals surface area contributed by atoms with Gasteiger partial charge in [0.05, 0.1) is 22.9 Å². The van der Waals surface area contributed by atoms with E-state index >= 15 is 0 Å². The van der Waals surface area contributed by atoms with Crippen LogP contribution in [-0.2, 0) is 0 Å². The van der Waals surface area contributed by atoms with Crippen LogP contribution in [0.25, 0.3) is 39.2 Å². The van der Waals surface area contributed by atoms with Crippen LogP contribution in [0.1, 0.15) is 0 Å². The van der Waals surface area contributed by atoms with Crippen LogP contribution in [-0.4, -0.2) is 24.7 Å². The fraction of sp³-hybridized carbons (Fsp3) is 0. The maximum atomic E-state index is 13.3. The van der Waals surface area contributed by atoms with Gasteiger partial charge in [-0.1, -0.05) is 12.1 Å². The molecule has 5 aromatic rings. The Bertz CT molecular complexity index is 1220. The van der Waals surface area contributed by atoms with Crippen molar-refractivity contribution >= 4 is 11.0 Å². The first-order valence-electron chi connectivity index (χ1n) is 8.48. The molecule has 0 spiro atoms. The largest absolute Gasteiger partial charge is 0.283 e. The molecule has 130 valence electrons. The number of H-pyrrole nitrogens is 1. The number of halogens is 1. The van der Waals surface area contributed by atoms with Gasteiger partial charge in [-0.15, -0.1) is 0 Å². The van der Waals surface area contributed by atoms with E-state index in [2.05, 4.69) is 26.2 Å². The Morgan fingerprint density at radius 1 is 0.889 bits per heavy atom. The molecule has 1 N–H and O–H groups in total. The van der Waals surface area contributed by atoms with E-state index in [0.717, 1.165) is 39.2 Å². The van der Waals surface area contributed by atoms with Crippen molar-refractivity contribution in [3.8, 4) is 28.2 Å². The lowest BCUT2D eigenvalue weighted by molar-refractivity contribution is 0.628. The molecule has 3 aromatic heterocycles. The minimum absolute atomic E-state index is 0.263. The molecule has 27 heavy (non-hydrogen) atoms. The lowest BCUT2D eigenvalue weighted by atomic mass is 10.0. The first kappa shape index (κ1) is 15.5. The van der Waals surface area contributed by atoms with E-state index in [1.54, 1.807) is 30.9 Å². The van der Waals surface area contributed by atoms with Gasteiger partial charge in [-0.25, -0.2) is 14.4 Å². The Balaban J connectivity index is 1.65. The Kier molecular flexibility index (Phi) is 3.53. The molecule has 0 aliphatic carbocycles. The molecule has 0 atom stereocenters. The summed E-state index contributed by atoms with van der Waals surface area (Å²) in [5, 5.41) is 7.21. The van der Waals surface area contributed by atoms with Crippen LogP contribution >= 0.6 is 0 Å². The third-order valence-electron chi connectivity index (χ3n) is 4.53. The second-order valence-electron chi connectivity index (χ2n) is 6.17. The molecule has 5 nitrogen and oxygen atoms in total. The van der Waals surface area contributed by atoms with Crippen molar-refractivity contribution in [1.82, 2.24) is 24.7 Å².